The van der Waals surface area contributed by atoms with Crippen LogP contribution >= 0.6 is 11.8 Å². The van der Waals surface area contributed by atoms with Gasteiger partial charge >= 0.3 is 0 Å². The standard InChI is InChI=1S/C21H22FN3O4S/c1-4-28-19-11-15(20-25(14(3)27)24-21(30-20)23-13(2)26)9-10-18(19)29-12-16-7-5-6-8-17(16)22/h5-11,20H,4,12H2,1-3H3,(H,23,24,26). The molecule has 0 spiro atoms. The van der Waals surface area contributed by atoms with Crippen molar-refractivity contribution < 1.29 is 23.5 Å². The Balaban J connectivity index is 1.82. The first-order valence-electron chi connectivity index (χ1n) is 9.34. The van der Waals surface area contributed by atoms with Gasteiger partial charge < -0.3 is 14.8 Å². The number of halogens is 1. The van der Waals surface area contributed by atoms with Crippen molar-refractivity contribution in [2.75, 3.05) is 6.61 Å². The second-order valence-electron chi connectivity index (χ2n) is 6.44. The second kappa shape index (κ2) is 9.62. The van der Waals surface area contributed by atoms with Crippen molar-refractivity contribution in [2.45, 2.75) is 32.8 Å². The maximum atomic E-state index is 13.9. The molecule has 7 nitrogen and oxygen atoms in total. The minimum Gasteiger partial charge on any atom is -0.490 e. The molecular weight excluding hydrogens is 409 g/mol. The van der Waals surface area contributed by atoms with Crippen LogP contribution in [0.15, 0.2) is 47.6 Å². The van der Waals surface area contributed by atoms with Gasteiger partial charge in [0.2, 0.25) is 11.8 Å². The van der Waals surface area contributed by atoms with Crippen LogP contribution in [0.1, 0.15) is 37.3 Å². The first-order chi connectivity index (χ1) is 14.4. The average molecular weight is 431 g/mol. The zero-order chi connectivity index (χ0) is 21.7. The molecule has 3 rings (SSSR count). The topological polar surface area (TPSA) is 80.2 Å². The molecule has 1 aliphatic rings. The summed E-state index contributed by atoms with van der Waals surface area (Å²) in [6, 6.07) is 11.7. The number of nitrogens with zero attached hydrogens (tertiary/aromatic N) is 2. The van der Waals surface area contributed by atoms with Crippen molar-refractivity contribution in [3.05, 3.63) is 59.4 Å². The number of carbonyl (C=O) groups is 2. The number of thioether (sulfide) groups is 1. The molecule has 0 saturated carbocycles. The number of hydrazone groups is 1. The van der Waals surface area contributed by atoms with E-state index < -0.39 is 5.37 Å². The number of nitrogens with one attached hydrogen (secondary N) is 1. The maximum Gasteiger partial charge on any atom is 0.241 e. The third-order valence-electron chi connectivity index (χ3n) is 4.14. The van der Waals surface area contributed by atoms with E-state index in [0.29, 0.717) is 28.8 Å². The van der Waals surface area contributed by atoms with Crippen molar-refractivity contribution in [1.82, 2.24) is 10.3 Å². The van der Waals surface area contributed by atoms with Gasteiger partial charge in [-0.3, -0.25) is 9.59 Å². The van der Waals surface area contributed by atoms with Gasteiger partial charge in [-0.15, -0.1) is 5.10 Å². The zero-order valence-electron chi connectivity index (χ0n) is 16.8. The Bertz CT molecular complexity index is 982. The Morgan fingerprint density at radius 2 is 1.93 bits per heavy atom. The van der Waals surface area contributed by atoms with E-state index in [-0.39, 0.29) is 24.2 Å². The summed E-state index contributed by atoms with van der Waals surface area (Å²) < 4.78 is 25.3. The molecule has 158 valence electrons. The Labute approximate surface area is 178 Å². The highest BCUT2D eigenvalue weighted by atomic mass is 32.2. The average Bonchev–Trinajstić information content (AvgIpc) is 3.12. The Hall–Kier alpha value is -3.07. The fourth-order valence-corrected chi connectivity index (χ4v) is 3.94. The molecule has 2 aromatic rings. The molecule has 1 heterocycles. The molecule has 0 bridgehead atoms. The summed E-state index contributed by atoms with van der Waals surface area (Å²) in [7, 11) is 0. The highest BCUT2D eigenvalue weighted by Gasteiger charge is 2.33. The highest BCUT2D eigenvalue weighted by molar-refractivity contribution is 8.14. The lowest BCUT2D eigenvalue weighted by atomic mass is 10.2. The summed E-state index contributed by atoms with van der Waals surface area (Å²) >= 11 is 1.25. The molecule has 9 heteroatoms. The summed E-state index contributed by atoms with van der Waals surface area (Å²) in [5.74, 6) is 0.0739. The fourth-order valence-electron chi connectivity index (χ4n) is 2.82. The van der Waals surface area contributed by atoms with Crippen LogP contribution < -0.4 is 14.8 Å². The summed E-state index contributed by atoms with van der Waals surface area (Å²) in [5, 5.41) is 8.00. The molecule has 30 heavy (non-hydrogen) atoms. The largest absolute Gasteiger partial charge is 0.490 e. The van der Waals surface area contributed by atoms with Crippen molar-refractivity contribution in [3.8, 4) is 11.5 Å². The van der Waals surface area contributed by atoms with E-state index >= 15 is 0 Å². The minimum atomic E-state index is -0.454. The van der Waals surface area contributed by atoms with Crippen molar-refractivity contribution >= 4 is 28.7 Å². The van der Waals surface area contributed by atoms with Crippen LogP contribution in [0.5, 0.6) is 11.5 Å². The molecule has 0 aromatic heterocycles. The summed E-state index contributed by atoms with van der Waals surface area (Å²) in [5.41, 5.74) is 1.19. The Morgan fingerprint density at radius 1 is 1.17 bits per heavy atom. The number of hydrogen-bond acceptors (Lipinski definition) is 6. The summed E-state index contributed by atoms with van der Waals surface area (Å²) in [6.07, 6.45) is 0. The van der Waals surface area contributed by atoms with Crippen LogP contribution in [0.3, 0.4) is 0 Å². The van der Waals surface area contributed by atoms with E-state index in [1.165, 1.54) is 36.7 Å². The van der Waals surface area contributed by atoms with Gasteiger partial charge in [0.25, 0.3) is 0 Å². The number of carbonyl (C=O) groups excluding carboxylic acids is 2. The van der Waals surface area contributed by atoms with Crippen LogP contribution in [0.25, 0.3) is 0 Å². The van der Waals surface area contributed by atoms with Crippen LogP contribution in [0, 0.1) is 5.82 Å². The minimum absolute atomic E-state index is 0.0552. The van der Waals surface area contributed by atoms with Gasteiger partial charge in [0.05, 0.1) is 6.61 Å². The lowest BCUT2D eigenvalue weighted by molar-refractivity contribution is -0.129. The lowest BCUT2D eigenvalue weighted by Gasteiger charge is -2.21. The number of rotatable bonds is 6. The Morgan fingerprint density at radius 3 is 2.60 bits per heavy atom. The summed E-state index contributed by atoms with van der Waals surface area (Å²) in [4.78, 5) is 23.4. The molecule has 2 aromatic carbocycles. The normalized spacial score (nSPS) is 15.5. The van der Waals surface area contributed by atoms with E-state index in [4.69, 9.17) is 9.47 Å². The van der Waals surface area contributed by atoms with Gasteiger partial charge in [-0.25, -0.2) is 9.40 Å². The van der Waals surface area contributed by atoms with Crippen molar-refractivity contribution in [1.29, 1.82) is 0 Å². The first-order valence-corrected chi connectivity index (χ1v) is 10.2. The predicted molar refractivity (Wildman–Crippen MR) is 112 cm³/mol. The zero-order valence-corrected chi connectivity index (χ0v) is 17.7. The van der Waals surface area contributed by atoms with Crippen LogP contribution in [-0.2, 0) is 16.2 Å². The summed E-state index contributed by atoms with van der Waals surface area (Å²) in [6.45, 7) is 5.09. The van der Waals surface area contributed by atoms with E-state index in [2.05, 4.69) is 10.4 Å². The van der Waals surface area contributed by atoms with Crippen LogP contribution in [0.4, 0.5) is 4.39 Å². The first kappa shape index (κ1) is 21.6. The second-order valence-corrected chi connectivity index (χ2v) is 7.51. The van der Waals surface area contributed by atoms with E-state index in [9.17, 15) is 14.0 Å². The van der Waals surface area contributed by atoms with Crippen LogP contribution in [-0.4, -0.2) is 28.6 Å². The maximum absolute atomic E-state index is 13.9. The molecule has 2 amide bonds. The molecule has 0 radical (unpaired) electrons. The number of hydrogen-bond donors (Lipinski definition) is 1. The molecule has 1 unspecified atom stereocenters. The van der Waals surface area contributed by atoms with Gasteiger partial charge in [0.1, 0.15) is 17.8 Å². The Kier molecular flexibility index (Phi) is 6.94. The molecule has 1 N–H and O–H groups in total. The van der Waals surface area contributed by atoms with Gasteiger partial charge in [-0.1, -0.05) is 36.0 Å². The molecule has 0 saturated heterocycles. The van der Waals surface area contributed by atoms with Crippen LogP contribution in [0.2, 0.25) is 0 Å². The van der Waals surface area contributed by atoms with Gasteiger partial charge in [-0.2, -0.15) is 0 Å². The number of ether oxygens (including phenoxy) is 2. The van der Waals surface area contributed by atoms with E-state index in [0.717, 1.165) is 5.56 Å². The molecular formula is C21H22FN3O4S. The molecule has 1 aliphatic heterocycles. The molecule has 0 aliphatic carbocycles. The number of benzene rings is 2. The van der Waals surface area contributed by atoms with E-state index in [1.54, 1.807) is 36.4 Å². The smallest absolute Gasteiger partial charge is 0.241 e. The molecule has 0 fully saturated rings. The molecule has 1 atom stereocenters. The predicted octanol–water partition coefficient (Wildman–Crippen LogP) is 3.80. The third kappa shape index (κ3) is 5.10. The van der Waals surface area contributed by atoms with Crippen molar-refractivity contribution in [2.24, 2.45) is 5.10 Å². The number of amides is 2. The van der Waals surface area contributed by atoms with Gasteiger partial charge in [0, 0.05) is 19.4 Å². The third-order valence-corrected chi connectivity index (χ3v) is 5.25. The quantitative estimate of drug-likeness (QED) is 0.753. The lowest BCUT2D eigenvalue weighted by Crippen LogP contribution is -2.25. The highest BCUT2D eigenvalue weighted by Crippen LogP contribution is 2.41. The fraction of sp³-hybridized carbons (Fsp3) is 0.286. The van der Waals surface area contributed by atoms with Gasteiger partial charge in [-0.05, 0) is 30.7 Å². The SMILES string of the molecule is CCOc1cc(C2SC(NC(C)=O)=NN2C(C)=O)ccc1OCc1ccccc1F. The van der Waals surface area contributed by atoms with Gasteiger partial charge in [0.15, 0.2) is 16.7 Å². The monoisotopic (exact) mass is 431 g/mol. The van der Waals surface area contributed by atoms with Crippen molar-refractivity contribution in [3.63, 3.8) is 0 Å². The van der Waals surface area contributed by atoms with E-state index in [1.807, 2.05) is 6.92 Å². The number of amidine groups is 1.